The van der Waals surface area contributed by atoms with Crippen molar-refractivity contribution in [2.75, 3.05) is 6.54 Å². The Bertz CT molecular complexity index is 747. The minimum atomic E-state index is -0.520. The van der Waals surface area contributed by atoms with E-state index in [1.165, 1.54) is 12.1 Å². The standard InChI is InChI=1S/C18H22FN3O2/c1-12-16-11-15(13-5-7-14(19)8-6-13)20-22(16)10-9-21(12)17(23)24-18(2,3)4/h5-8,11-12H,9-10H2,1-4H3/t12-/m1/s1. The summed E-state index contributed by atoms with van der Waals surface area (Å²) in [4.78, 5) is 14.1. The molecule has 0 radical (unpaired) electrons. The first-order chi connectivity index (χ1) is 11.2. The number of halogens is 1. The number of aromatic nitrogens is 2. The molecule has 3 rings (SSSR count). The van der Waals surface area contributed by atoms with Crippen LogP contribution >= 0.6 is 0 Å². The third kappa shape index (κ3) is 3.27. The van der Waals surface area contributed by atoms with Crippen molar-refractivity contribution in [3.8, 4) is 11.3 Å². The fourth-order valence-corrected chi connectivity index (χ4v) is 2.83. The summed E-state index contributed by atoms with van der Waals surface area (Å²) < 4.78 is 20.5. The van der Waals surface area contributed by atoms with E-state index in [2.05, 4.69) is 5.10 Å². The molecule has 128 valence electrons. The van der Waals surface area contributed by atoms with Crippen LogP contribution in [-0.2, 0) is 11.3 Å². The number of carbonyl (C=O) groups excluding carboxylic acids is 1. The van der Waals surface area contributed by atoms with Gasteiger partial charge in [-0.2, -0.15) is 5.10 Å². The molecule has 1 amide bonds. The highest BCUT2D eigenvalue weighted by Crippen LogP contribution is 2.30. The van der Waals surface area contributed by atoms with Crippen molar-refractivity contribution in [1.29, 1.82) is 0 Å². The number of nitrogens with zero attached hydrogens (tertiary/aromatic N) is 3. The molecule has 1 atom stereocenters. The topological polar surface area (TPSA) is 47.4 Å². The van der Waals surface area contributed by atoms with Crippen LogP contribution in [0.25, 0.3) is 11.3 Å². The van der Waals surface area contributed by atoms with Gasteiger partial charge in [0.15, 0.2) is 0 Å². The molecule has 0 fully saturated rings. The van der Waals surface area contributed by atoms with E-state index in [4.69, 9.17) is 4.74 Å². The summed E-state index contributed by atoms with van der Waals surface area (Å²) in [5, 5.41) is 4.58. The number of hydrogen-bond donors (Lipinski definition) is 0. The number of benzene rings is 1. The molecular formula is C18H22FN3O2. The molecule has 0 N–H and O–H groups in total. The van der Waals surface area contributed by atoms with Crippen LogP contribution in [0.2, 0.25) is 0 Å². The van der Waals surface area contributed by atoms with E-state index in [1.807, 2.05) is 38.4 Å². The Balaban J connectivity index is 1.84. The molecule has 0 saturated carbocycles. The van der Waals surface area contributed by atoms with Crippen molar-refractivity contribution in [3.63, 3.8) is 0 Å². The van der Waals surface area contributed by atoms with Crippen LogP contribution in [0.5, 0.6) is 0 Å². The van der Waals surface area contributed by atoms with Crippen molar-refractivity contribution in [1.82, 2.24) is 14.7 Å². The molecule has 1 aromatic carbocycles. The van der Waals surface area contributed by atoms with Crippen molar-refractivity contribution in [2.45, 2.75) is 45.9 Å². The first-order valence-electron chi connectivity index (χ1n) is 8.08. The van der Waals surface area contributed by atoms with E-state index >= 15 is 0 Å². The van der Waals surface area contributed by atoms with Crippen LogP contribution in [-0.4, -0.2) is 32.9 Å². The van der Waals surface area contributed by atoms with Gasteiger partial charge in [-0.25, -0.2) is 9.18 Å². The van der Waals surface area contributed by atoms with Gasteiger partial charge in [-0.05, 0) is 58.0 Å². The maximum atomic E-state index is 13.1. The highest BCUT2D eigenvalue weighted by molar-refractivity contribution is 5.69. The quantitative estimate of drug-likeness (QED) is 0.793. The predicted octanol–water partition coefficient (Wildman–Crippen LogP) is 4.00. The normalized spacial score (nSPS) is 17.5. The van der Waals surface area contributed by atoms with Gasteiger partial charge < -0.3 is 4.74 Å². The van der Waals surface area contributed by atoms with Crippen LogP contribution in [0.4, 0.5) is 9.18 Å². The largest absolute Gasteiger partial charge is 0.444 e. The third-order valence-electron chi connectivity index (χ3n) is 4.03. The lowest BCUT2D eigenvalue weighted by Crippen LogP contribution is -2.43. The molecule has 1 aliphatic rings. The Kier molecular flexibility index (Phi) is 4.07. The Morgan fingerprint density at radius 2 is 1.92 bits per heavy atom. The summed E-state index contributed by atoms with van der Waals surface area (Å²) in [6, 6.07) is 8.08. The van der Waals surface area contributed by atoms with E-state index in [1.54, 1.807) is 17.0 Å². The summed E-state index contributed by atoms with van der Waals surface area (Å²) in [5.41, 5.74) is 2.07. The fourth-order valence-electron chi connectivity index (χ4n) is 2.83. The average molecular weight is 331 g/mol. The minimum Gasteiger partial charge on any atom is -0.444 e. The molecule has 24 heavy (non-hydrogen) atoms. The van der Waals surface area contributed by atoms with Gasteiger partial charge in [0.2, 0.25) is 0 Å². The maximum absolute atomic E-state index is 13.1. The van der Waals surface area contributed by atoms with Crippen LogP contribution in [0.1, 0.15) is 39.4 Å². The zero-order chi connectivity index (χ0) is 17.5. The number of rotatable bonds is 1. The van der Waals surface area contributed by atoms with E-state index in [0.717, 1.165) is 17.0 Å². The van der Waals surface area contributed by atoms with Crippen molar-refractivity contribution >= 4 is 6.09 Å². The minimum absolute atomic E-state index is 0.129. The van der Waals surface area contributed by atoms with Crippen molar-refractivity contribution in [3.05, 3.63) is 41.8 Å². The first kappa shape index (κ1) is 16.5. The first-order valence-corrected chi connectivity index (χ1v) is 8.08. The van der Waals surface area contributed by atoms with Crippen molar-refractivity contribution < 1.29 is 13.9 Å². The Morgan fingerprint density at radius 1 is 1.25 bits per heavy atom. The van der Waals surface area contributed by atoms with Gasteiger partial charge in [-0.3, -0.25) is 9.58 Å². The highest BCUT2D eigenvalue weighted by atomic mass is 19.1. The SMILES string of the molecule is C[C@@H]1c2cc(-c3ccc(F)cc3)nn2CCN1C(=O)OC(C)(C)C. The summed E-state index contributed by atoms with van der Waals surface area (Å²) in [5.74, 6) is -0.271. The number of fused-ring (bicyclic) bond motifs is 1. The predicted molar refractivity (Wildman–Crippen MR) is 89.0 cm³/mol. The second-order valence-corrected chi connectivity index (χ2v) is 7.03. The zero-order valence-electron chi connectivity index (χ0n) is 14.4. The van der Waals surface area contributed by atoms with Gasteiger partial charge in [0.05, 0.1) is 24.0 Å². The second-order valence-electron chi connectivity index (χ2n) is 7.03. The molecule has 2 heterocycles. The molecule has 5 nitrogen and oxygen atoms in total. The van der Waals surface area contributed by atoms with E-state index < -0.39 is 5.60 Å². The lowest BCUT2D eigenvalue weighted by Gasteiger charge is -2.35. The lowest BCUT2D eigenvalue weighted by atomic mass is 10.1. The molecule has 6 heteroatoms. The maximum Gasteiger partial charge on any atom is 0.410 e. The fraction of sp³-hybridized carbons (Fsp3) is 0.444. The molecule has 0 saturated heterocycles. The number of hydrogen-bond acceptors (Lipinski definition) is 3. The summed E-state index contributed by atoms with van der Waals surface area (Å²) in [6.07, 6.45) is -0.314. The molecule has 0 unspecified atom stereocenters. The molecule has 1 aromatic heterocycles. The highest BCUT2D eigenvalue weighted by Gasteiger charge is 2.32. The van der Waals surface area contributed by atoms with Gasteiger partial charge in [0, 0.05) is 12.1 Å². The molecule has 2 aromatic rings. The van der Waals surface area contributed by atoms with Gasteiger partial charge in [-0.15, -0.1) is 0 Å². The Labute approximate surface area is 141 Å². The van der Waals surface area contributed by atoms with Gasteiger partial charge >= 0.3 is 6.09 Å². The van der Waals surface area contributed by atoms with Crippen LogP contribution < -0.4 is 0 Å². The van der Waals surface area contributed by atoms with Crippen molar-refractivity contribution in [2.24, 2.45) is 0 Å². The smallest absolute Gasteiger partial charge is 0.410 e. The summed E-state index contributed by atoms with van der Waals surface area (Å²) >= 11 is 0. The molecule has 0 spiro atoms. The second kappa shape index (κ2) is 5.92. The molecule has 1 aliphatic heterocycles. The van der Waals surface area contributed by atoms with Crippen LogP contribution in [0, 0.1) is 5.82 Å². The van der Waals surface area contributed by atoms with Gasteiger partial charge in [0.25, 0.3) is 0 Å². The Hall–Kier alpha value is -2.37. The van der Waals surface area contributed by atoms with E-state index in [9.17, 15) is 9.18 Å². The zero-order valence-corrected chi connectivity index (χ0v) is 14.4. The Morgan fingerprint density at radius 3 is 2.54 bits per heavy atom. The molecule has 0 aliphatic carbocycles. The van der Waals surface area contributed by atoms with Crippen LogP contribution in [0.3, 0.4) is 0 Å². The number of ether oxygens (including phenoxy) is 1. The van der Waals surface area contributed by atoms with E-state index in [0.29, 0.717) is 13.1 Å². The molecule has 0 bridgehead atoms. The lowest BCUT2D eigenvalue weighted by molar-refractivity contribution is 0.0120. The summed E-state index contributed by atoms with van der Waals surface area (Å²) in [6.45, 7) is 8.70. The summed E-state index contributed by atoms with van der Waals surface area (Å²) in [7, 11) is 0. The monoisotopic (exact) mass is 331 g/mol. The number of carbonyl (C=O) groups is 1. The van der Waals surface area contributed by atoms with Gasteiger partial charge in [0.1, 0.15) is 11.4 Å². The molecular weight excluding hydrogens is 309 g/mol. The number of amides is 1. The van der Waals surface area contributed by atoms with Crippen LogP contribution in [0.15, 0.2) is 30.3 Å². The van der Waals surface area contributed by atoms with E-state index in [-0.39, 0.29) is 18.0 Å². The van der Waals surface area contributed by atoms with Gasteiger partial charge in [-0.1, -0.05) is 0 Å². The average Bonchev–Trinajstić information content (AvgIpc) is 2.91. The third-order valence-corrected chi connectivity index (χ3v) is 4.03.